The van der Waals surface area contributed by atoms with Crippen molar-refractivity contribution in [3.63, 3.8) is 0 Å². The van der Waals surface area contributed by atoms with Crippen molar-refractivity contribution in [3.05, 3.63) is 142 Å². The molecule has 12 aromatic rings. The molecular formula is C76H89Cl4F9N24O4. The molecule has 0 aromatic carbocycles. The third-order valence-corrected chi connectivity index (χ3v) is 20.7. The SMILES string of the molecule is C.CCNC(=O)[C@H]1CCCN1c1ccnc(-c2c[nH]c3ncc(Cl)cc23)n1.CCNC(=O)[C@H]1CCCN1c1nc(-c2c[nH]c3ncc(Cl)cc23)ncc1F.O=C(NCC(F)(F)F)C1(Nc2nc(-c3c[nH]c4ncc(Cl)cc34)ncc2F)CCCC1.O=C(NCC(F)(F)F)C1(Nc2nc(-c3c[nH]c4ncc(Cl)cc34)ncc2F)CCCCC1.[HH].[HH].[HH].[HH].[HH].[HH]. The number of carbonyl (C=O) groups is 4. The first kappa shape index (κ1) is 85.1. The number of fused-ring (bicyclic) bond motifs is 4. The molecule has 117 heavy (non-hydrogen) atoms. The number of pyridine rings is 4. The molecule has 4 amide bonds. The van der Waals surface area contributed by atoms with Crippen LogP contribution in [0.15, 0.2) is 105 Å². The minimum Gasteiger partial charge on any atom is -0.355 e. The number of aromatic amines is 4. The highest BCUT2D eigenvalue weighted by atomic mass is 35.5. The topological polar surface area (TPSA) is 365 Å². The Morgan fingerprint density at radius 1 is 0.462 bits per heavy atom. The molecule has 10 N–H and O–H groups in total. The summed E-state index contributed by atoms with van der Waals surface area (Å²) in [5.74, 6) is -2.35. The van der Waals surface area contributed by atoms with Gasteiger partial charge in [0.25, 0.3) is 0 Å². The third-order valence-electron chi connectivity index (χ3n) is 19.8. The van der Waals surface area contributed by atoms with Crippen LogP contribution >= 0.6 is 46.4 Å². The Morgan fingerprint density at radius 3 is 1.20 bits per heavy atom. The van der Waals surface area contributed by atoms with Crippen molar-refractivity contribution in [3.8, 4) is 45.6 Å². The molecule has 2 atom stereocenters. The van der Waals surface area contributed by atoms with Gasteiger partial charge in [-0.25, -0.2) is 73.0 Å². The highest BCUT2D eigenvalue weighted by Crippen LogP contribution is 2.40. The van der Waals surface area contributed by atoms with Crippen molar-refractivity contribution < 1.29 is 67.3 Å². The van der Waals surface area contributed by atoms with E-state index in [-0.39, 0.29) is 88.6 Å². The van der Waals surface area contributed by atoms with Gasteiger partial charge < -0.3 is 61.6 Å². The van der Waals surface area contributed by atoms with E-state index in [9.17, 15) is 58.7 Å². The van der Waals surface area contributed by atoms with Gasteiger partial charge in [0.05, 0.1) is 38.7 Å². The highest BCUT2D eigenvalue weighted by Gasteiger charge is 2.45. The normalized spacial score (nSPS) is 16.3. The highest BCUT2D eigenvalue weighted by molar-refractivity contribution is 6.32. The Kier molecular flexibility index (Phi) is 26.5. The molecule has 4 fully saturated rings. The lowest BCUT2D eigenvalue weighted by molar-refractivity contribution is -0.141. The number of aromatic nitrogens is 16. The largest absolute Gasteiger partial charge is 0.405 e. The van der Waals surface area contributed by atoms with Gasteiger partial charge >= 0.3 is 12.4 Å². The molecular weight excluding hydrogens is 1630 g/mol. The number of hydrogen-bond donors (Lipinski definition) is 10. The van der Waals surface area contributed by atoms with Crippen LogP contribution in [-0.2, 0) is 19.2 Å². The summed E-state index contributed by atoms with van der Waals surface area (Å²) in [6.07, 6.45) is 16.0. The lowest BCUT2D eigenvalue weighted by Crippen LogP contribution is -2.55. The first-order valence-corrected chi connectivity index (χ1v) is 38.4. The monoisotopic (exact) mass is 1710 g/mol. The Morgan fingerprint density at radius 2 is 0.812 bits per heavy atom. The zero-order valence-electron chi connectivity index (χ0n) is 61.7. The van der Waals surface area contributed by atoms with Crippen LogP contribution < -0.4 is 41.7 Å². The van der Waals surface area contributed by atoms with Crippen molar-refractivity contribution in [2.45, 2.75) is 140 Å². The van der Waals surface area contributed by atoms with E-state index >= 15 is 0 Å². The molecule has 2 saturated heterocycles. The van der Waals surface area contributed by atoms with Gasteiger partial charge in [-0.3, -0.25) is 19.2 Å². The average Bonchev–Trinajstić information content (AvgIpc) is 1.77. The second kappa shape index (κ2) is 36.5. The van der Waals surface area contributed by atoms with Gasteiger partial charge in [-0.1, -0.05) is 85.9 Å². The second-order valence-corrected chi connectivity index (χ2v) is 29.4. The fourth-order valence-corrected chi connectivity index (χ4v) is 15.1. The van der Waals surface area contributed by atoms with E-state index in [0.29, 0.717) is 128 Å². The van der Waals surface area contributed by atoms with E-state index in [4.69, 9.17) is 51.4 Å². The molecule has 2 aliphatic heterocycles. The maximum atomic E-state index is 14.6. The Hall–Kier alpha value is -11.3. The van der Waals surface area contributed by atoms with Crippen LogP contribution in [0, 0.1) is 17.5 Å². The number of nitrogens with zero attached hydrogens (tertiary/aromatic N) is 14. The third kappa shape index (κ3) is 19.7. The molecule has 0 unspecified atom stereocenters. The smallest absolute Gasteiger partial charge is 0.355 e. The van der Waals surface area contributed by atoms with E-state index < -0.39 is 71.8 Å². The summed E-state index contributed by atoms with van der Waals surface area (Å²) in [6.45, 7) is 3.39. The zero-order chi connectivity index (χ0) is 82.2. The van der Waals surface area contributed by atoms with Crippen LogP contribution in [0.1, 0.15) is 113 Å². The summed E-state index contributed by atoms with van der Waals surface area (Å²) in [5.41, 5.74) is 2.18. The number of likely N-dealkylation sites (N-methyl/N-ethyl adjacent to an activating group) is 2. The van der Waals surface area contributed by atoms with Gasteiger partial charge in [-0.15, -0.1) is 0 Å². The lowest BCUT2D eigenvalue weighted by atomic mass is 9.80. The van der Waals surface area contributed by atoms with Crippen LogP contribution in [0.5, 0.6) is 0 Å². The predicted molar refractivity (Wildman–Crippen MR) is 438 cm³/mol. The van der Waals surface area contributed by atoms with Gasteiger partial charge in [0.15, 0.2) is 58.2 Å². The second-order valence-electron chi connectivity index (χ2n) is 27.7. The first-order valence-electron chi connectivity index (χ1n) is 36.9. The number of hydrogen-bond acceptors (Lipinski definition) is 20. The average molecular weight is 1720 g/mol. The fourth-order valence-electron chi connectivity index (χ4n) is 14.4. The van der Waals surface area contributed by atoms with Crippen LogP contribution in [0.3, 0.4) is 0 Å². The van der Waals surface area contributed by atoms with Crippen LogP contribution in [0.4, 0.5) is 62.8 Å². The fraction of sp³-hybridized carbons (Fsp3) is 0.368. The van der Waals surface area contributed by atoms with Gasteiger partial charge in [-0.2, -0.15) is 26.3 Å². The van der Waals surface area contributed by atoms with Crippen LogP contribution in [0.2, 0.25) is 20.1 Å². The number of alkyl halides is 6. The molecule has 628 valence electrons. The van der Waals surface area contributed by atoms with Crippen molar-refractivity contribution in [2.75, 3.05) is 59.7 Å². The summed E-state index contributed by atoms with van der Waals surface area (Å²) in [6, 6.07) is 8.15. The first-order chi connectivity index (χ1) is 55.6. The number of anilines is 4. The molecule has 4 aliphatic rings. The molecule has 41 heteroatoms. The summed E-state index contributed by atoms with van der Waals surface area (Å²) in [4.78, 5) is 117. The van der Waals surface area contributed by atoms with Gasteiger partial charge in [0, 0.05) is 134 Å². The number of nitrogens with one attached hydrogen (secondary N) is 10. The standard InChI is InChI=1S/C20H19ClF4N6O.C19H17ClF4N6O.C18H18ClFN6O.C18H19ClN6O.CH4.6H2/c21-11-6-12-13(8-27-15(12)26-7-11)16-28-9-14(22)17(30-16)31-19(4-2-1-3-5-19)18(32)29-10-20(23,24)25;20-10-5-11-12(7-26-14(11)25-6-10)15-27-8-13(21)16(29-15)30-18(3-1-2-4-18)17(31)28-9-19(22,23)24;1-2-21-18(27)14-4-3-5-26(14)17-13(20)9-24-16(25-17)12-8-23-15-11(12)6-10(19)7-22-15;1-2-20-18(26)14-4-3-7-25(14)15-5-6-21-17(24-15)13-10-23-16-12(13)8-11(19)9-22-16;;;;;;;/h6-9H,1-5,10H2,(H,26,27)(H,29,32)(H,28,30,31);5-8H,1-4,9H2,(H,25,26)(H,28,31)(H,27,29,30);6-9,14H,2-5H2,1H3,(H,21,27)(H,22,23);5-6,8-10,14H,2-4,7H2,1H3,(H,20,26)(H,22,23);1H4;6*1H/t;;2*14-;;;;;;;/m..11......./s1. The van der Waals surface area contributed by atoms with E-state index in [2.05, 4.69) is 101 Å². The van der Waals surface area contributed by atoms with E-state index in [1.54, 1.807) is 60.3 Å². The number of H-pyrrole nitrogens is 4. The number of rotatable bonds is 18. The van der Waals surface area contributed by atoms with Gasteiger partial charge in [0.1, 0.15) is 64.7 Å². The zero-order valence-corrected chi connectivity index (χ0v) is 64.7. The molecule has 0 bridgehead atoms. The number of carbonyl (C=O) groups excluding carboxylic acids is 4. The summed E-state index contributed by atoms with van der Waals surface area (Å²) < 4.78 is 119. The number of halogens is 13. The van der Waals surface area contributed by atoms with Crippen molar-refractivity contribution in [1.82, 2.24) is 101 Å². The number of amides is 4. The summed E-state index contributed by atoms with van der Waals surface area (Å²) in [7, 11) is 0. The van der Waals surface area contributed by atoms with Crippen LogP contribution in [-0.4, -0.2) is 178 Å². The van der Waals surface area contributed by atoms with Gasteiger partial charge in [-0.05, 0) is 95.5 Å². The molecule has 0 radical (unpaired) electrons. The predicted octanol–water partition coefficient (Wildman–Crippen LogP) is 16.6. The molecule has 2 saturated carbocycles. The maximum absolute atomic E-state index is 14.6. The molecule has 28 nitrogen and oxygen atoms in total. The Bertz CT molecular complexity index is 5620. The van der Waals surface area contributed by atoms with E-state index in [1.807, 2.05) is 42.8 Å². The van der Waals surface area contributed by atoms with E-state index in [0.717, 1.165) is 78.6 Å². The molecule has 14 heterocycles. The van der Waals surface area contributed by atoms with Crippen LogP contribution in [0.25, 0.3) is 89.7 Å². The minimum absolute atomic E-state index is 0. The quantitative estimate of drug-likeness (QED) is 0.0357. The lowest BCUT2D eigenvalue weighted by Gasteiger charge is -2.37. The maximum Gasteiger partial charge on any atom is 0.405 e. The minimum atomic E-state index is -4.55. The summed E-state index contributed by atoms with van der Waals surface area (Å²) >= 11 is 24.2. The van der Waals surface area contributed by atoms with Gasteiger partial charge in [0.2, 0.25) is 23.6 Å². The van der Waals surface area contributed by atoms with Crippen molar-refractivity contribution in [1.29, 1.82) is 0 Å². The molecule has 12 aromatic heterocycles. The summed E-state index contributed by atoms with van der Waals surface area (Å²) in [5, 5.41) is 19.8. The Labute approximate surface area is 690 Å². The Balaban J connectivity index is 0.000000250. The van der Waals surface area contributed by atoms with Crippen molar-refractivity contribution in [2.24, 2.45) is 0 Å². The van der Waals surface area contributed by atoms with E-state index in [1.165, 1.54) is 12.4 Å². The van der Waals surface area contributed by atoms with Crippen molar-refractivity contribution >= 4 is 137 Å². The molecule has 0 spiro atoms. The molecule has 2 aliphatic carbocycles. The molecule has 16 rings (SSSR count).